The average molecular weight is 446 g/mol. The van der Waals surface area contributed by atoms with Crippen LogP contribution in [0.1, 0.15) is 5.56 Å². The van der Waals surface area contributed by atoms with Crippen LogP contribution in [0.2, 0.25) is 5.02 Å². The summed E-state index contributed by atoms with van der Waals surface area (Å²) in [5.74, 6) is -1.55. The molecule has 2 unspecified atom stereocenters. The van der Waals surface area contributed by atoms with Crippen molar-refractivity contribution in [2.24, 2.45) is 0 Å². The summed E-state index contributed by atoms with van der Waals surface area (Å²) in [5.41, 5.74) is -3.74. The van der Waals surface area contributed by atoms with Crippen molar-refractivity contribution in [1.29, 1.82) is 0 Å². The summed E-state index contributed by atoms with van der Waals surface area (Å²) in [7, 11) is 0. The maximum absolute atomic E-state index is 14.2. The van der Waals surface area contributed by atoms with Crippen molar-refractivity contribution in [3.8, 4) is 0 Å². The van der Waals surface area contributed by atoms with Crippen molar-refractivity contribution in [2.75, 3.05) is 5.32 Å². The van der Waals surface area contributed by atoms with Gasteiger partial charge in [-0.2, -0.15) is 13.2 Å². The largest absolute Gasteiger partial charge is 0.404 e. The Labute approximate surface area is 173 Å². The van der Waals surface area contributed by atoms with E-state index in [-0.39, 0.29) is 21.3 Å². The molecule has 1 amide bonds. The van der Waals surface area contributed by atoms with Gasteiger partial charge in [0.05, 0.1) is 0 Å². The lowest BCUT2D eigenvalue weighted by Crippen LogP contribution is -2.53. The van der Waals surface area contributed by atoms with Gasteiger partial charge in [-0.25, -0.2) is 4.39 Å². The number of hydrogen-bond donors (Lipinski definition) is 2. The van der Waals surface area contributed by atoms with Gasteiger partial charge in [-0.3, -0.25) is 4.79 Å². The molecule has 0 fully saturated rings. The quantitative estimate of drug-likeness (QED) is 0.626. The van der Waals surface area contributed by atoms with Crippen LogP contribution in [0.25, 0.3) is 0 Å². The van der Waals surface area contributed by atoms with E-state index in [1.54, 1.807) is 0 Å². The van der Waals surface area contributed by atoms with Crippen LogP contribution >= 0.6 is 23.2 Å². The van der Waals surface area contributed by atoms with Gasteiger partial charge in [0.2, 0.25) is 0 Å². The maximum atomic E-state index is 14.2. The van der Waals surface area contributed by atoms with Gasteiger partial charge in [-0.05, 0) is 54.1 Å². The molecular weight excluding hydrogens is 433 g/mol. The number of halogens is 6. The number of allylic oxidation sites excluding steroid dienone is 2. The smallest absolute Gasteiger partial charge is 0.387 e. The Morgan fingerprint density at radius 3 is 2.17 bits per heavy atom. The summed E-state index contributed by atoms with van der Waals surface area (Å²) in [5, 5.41) is 12.9. The fraction of sp³-hybridized carbons (Fsp3) is 0.150. The molecular formula is C20H13Cl2F4NO2. The highest BCUT2D eigenvalue weighted by atomic mass is 35.5. The molecule has 1 aliphatic carbocycles. The first kappa shape index (κ1) is 21.4. The van der Waals surface area contributed by atoms with Crippen LogP contribution in [-0.4, -0.2) is 23.3 Å². The highest BCUT2D eigenvalue weighted by Crippen LogP contribution is 2.50. The van der Waals surface area contributed by atoms with E-state index in [1.807, 2.05) is 0 Å². The molecule has 152 valence electrons. The van der Waals surface area contributed by atoms with Crippen LogP contribution in [0, 0.1) is 5.82 Å². The molecule has 0 spiro atoms. The number of aliphatic hydroxyl groups is 1. The predicted molar refractivity (Wildman–Crippen MR) is 102 cm³/mol. The number of rotatable bonds is 3. The van der Waals surface area contributed by atoms with E-state index < -0.39 is 35.0 Å². The number of anilines is 1. The van der Waals surface area contributed by atoms with Crippen molar-refractivity contribution in [2.45, 2.75) is 17.7 Å². The van der Waals surface area contributed by atoms with E-state index >= 15 is 0 Å². The Morgan fingerprint density at radius 1 is 1.03 bits per heavy atom. The van der Waals surface area contributed by atoms with Crippen LogP contribution in [0.4, 0.5) is 23.2 Å². The lowest BCUT2D eigenvalue weighted by atomic mass is 9.69. The number of hydrogen-bond acceptors (Lipinski definition) is 2. The number of carbonyl (C=O) groups is 1. The zero-order valence-corrected chi connectivity index (χ0v) is 16.0. The molecule has 2 atom stereocenters. The Bertz CT molecular complexity index is 985. The topological polar surface area (TPSA) is 49.3 Å². The standard InChI is InChI=1S/C20H13Cl2F4NO2/c21-12-3-1-11(2-4-12)19(20(24,25)26)10-13(22)9-16(17(19)28)18(29)27-15-7-5-14(23)6-8-15/h1-10,17,28H,(H,27,29). The van der Waals surface area contributed by atoms with Gasteiger partial charge in [0, 0.05) is 21.3 Å². The highest BCUT2D eigenvalue weighted by Gasteiger charge is 2.61. The zero-order valence-electron chi connectivity index (χ0n) is 14.5. The summed E-state index contributed by atoms with van der Waals surface area (Å²) in [6.45, 7) is 0. The minimum Gasteiger partial charge on any atom is -0.387 e. The number of benzene rings is 2. The summed E-state index contributed by atoms with van der Waals surface area (Å²) in [6, 6.07) is 9.32. The third-order valence-electron chi connectivity index (χ3n) is 4.54. The molecule has 29 heavy (non-hydrogen) atoms. The zero-order chi connectivity index (χ0) is 21.4. The molecule has 0 saturated heterocycles. The highest BCUT2D eigenvalue weighted by molar-refractivity contribution is 6.32. The number of carbonyl (C=O) groups excluding carboxylic acids is 1. The summed E-state index contributed by atoms with van der Waals surface area (Å²) in [6.07, 6.45) is -5.65. The molecule has 0 heterocycles. The third kappa shape index (κ3) is 4.03. The summed E-state index contributed by atoms with van der Waals surface area (Å²) >= 11 is 11.7. The number of amides is 1. The lowest BCUT2D eigenvalue weighted by molar-refractivity contribution is -0.197. The molecule has 2 N–H and O–H groups in total. The second-order valence-electron chi connectivity index (χ2n) is 6.37. The fourth-order valence-corrected chi connectivity index (χ4v) is 3.52. The first-order chi connectivity index (χ1) is 13.5. The van der Waals surface area contributed by atoms with E-state index in [2.05, 4.69) is 5.32 Å². The molecule has 0 saturated carbocycles. The first-order valence-corrected chi connectivity index (χ1v) is 8.98. The van der Waals surface area contributed by atoms with E-state index in [1.165, 1.54) is 24.3 Å². The van der Waals surface area contributed by atoms with Gasteiger partial charge < -0.3 is 10.4 Å². The fourth-order valence-electron chi connectivity index (χ4n) is 3.10. The van der Waals surface area contributed by atoms with Crippen molar-refractivity contribution in [1.82, 2.24) is 0 Å². The normalized spacial score (nSPS) is 22.0. The first-order valence-electron chi connectivity index (χ1n) is 8.22. The van der Waals surface area contributed by atoms with Crippen LogP contribution in [-0.2, 0) is 10.2 Å². The molecule has 3 rings (SSSR count). The molecule has 0 aromatic heterocycles. The third-order valence-corrected chi connectivity index (χ3v) is 5.01. The van der Waals surface area contributed by atoms with Gasteiger partial charge in [-0.1, -0.05) is 35.3 Å². The SMILES string of the molecule is O=C(Nc1ccc(F)cc1)C1=CC(Cl)=CC(c2ccc(Cl)cc2)(C(F)(F)F)C1O. The molecule has 9 heteroatoms. The van der Waals surface area contributed by atoms with Crippen molar-refractivity contribution in [3.05, 3.63) is 87.7 Å². The molecule has 0 aliphatic heterocycles. The predicted octanol–water partition coefficient (Wildman–Crippen LogP) is 5.34. The average Bonchev–Trinajstić information content (AvgIpc) is 2.65. The van der Waals surface area contributed by atoms with Crippen molar-refractivity contribution < 1.29 is 27.5 Å². The molecule has 1 aliphatic rings. The summed E-state index contributed by atoms with van der Waals surface area (Å²) in [4.78, 5) is 12.6. The monoisotopic (exact) mass is 445 g/mol. The van der Waals surface area contributed by atoms with Gasteiger partial charge in [-0.15, -0.1) is 0 Å². The van der Waals surface area contributed by atoms with Gasteiger partial charge in [0.1, 0.15) is 17.3 Å². The van der Waals surface area contributed by atoms with E-state index in [0.29, 0.717) is 6.08 Å². The second-order valence-corrected chi connectivity index (χ2v) is 7.24. The Balaban J connectivity index is 2.04. The van der Waals surface area contributed by atoms with Gasteiger partial charge in [0.25, 0.3) is 5.91 Å². The minimum atomic E-state index is -4.99. The van der Waals surface area contributed by atoms with E-state index in [4.69, 9.17) is 23.2 Å². The van der Waals surface area contributed by atoms with Gasteiger partial charge >= 0.3 is 6.18 Å². The summed E-state index contributed by atoms with van der Waals surface area (Å²) < 4.78 is 55.7. The van der Waals surface area contributed by atoms with Crippen LogP contribution in [0.3, 0.4) is 0 Å². The molecule has 0 radical (unpaired) electrons. The molecule has 0 bridgehead atoms. The Morgan fingerprint density at radius 2 is 1.62 bits per heavy atom. The Hall–Kier alpha value is -2.35. The second kappa shape index (κ2) is 7.82. The molecule has 3 nitrogen and oxygen atoms in total. The molecule has 2 aromatic carbocycles. The van der Waals surface area contributed by atoms with Crippen molar-refractivity contribution >= 4 is 34.8 Å². The maximum Gasteiger partial charge on any atom is 0.404 e. The Kier molecular flexibility index (Phi) is 5.76. The van der Waals surface area contributed by atoms with Crippen LogP contribution < -0.4 is 5.32 Å². The van der Waals surface area contributed by atoms with Gasteiger partial charge in [0.15, 0.2) is 0 Å². The van der Waals surface area contributed by atoms with Crippen LogP contribution in [0.5, 0.6) is 0 Å². The minimum absolute atomic E-state index is 0.138. The number of nitrogens with one attached hydrogen (secondary N) is 1. The van der Waals surface area contributed by atoms with Crippen molar-refractivity contribution in [3.63, 3.8) is 0 Å². The lowest BCUT2D eigenvalue weighted by Gasteiger charge is -2.40. The van der Waals surface area contributed by atoms with E-state index in [0.717, 1.165) is 30.3 Å². The number of aliphatic hydroxyl groups excluding tert-OH is 1. The van der Waals surface area contributed by atoms with E-state index in [9.17, 15) is 27.5 Å². The molecule has 2 aromatic rings. The number of alkyl halides is 3. The van der Waals surface area contributed by atoms with Crippen LogP contribution in [0.15, 0.2) is 71.3 Å².